The van der Waals surface area contributed by atoms with Crippen molar-refractivity contribution in [3.05, 3.63) is 29.8 Å². The average molecular weight is 548 g/mol. The molecule has 3 rings (SSSR count). The highest BCUT2D eigenvalue weighted by Crippen LogP contribution is 2.20. The number of ether oxygens (including phenoxy) is 1. The van der Waals surface area contributed by atoms with Crippen LogP contribution in [0.5, 0.6) is 0 Å². The Bertz CT molecular complexity index is 643. The Balaban J connectivity index is 0.00000320. The Hall–Kier alpha value is -0.710. The van der Waals surface area contributed by atoms with Crippen LogP contribution in [0.15, 0.2) is 29.3 Å². The van der Waals surface area contributed by atoms with E-state index in [4.69, 9.17) is 9.73 Å². The van der Waals surface area contributed by atoms with Crippen LogP contribution in [0.3, 0.4) is 0 Å². The summed E-state index contributed by atoms with van der Waals surface area (Å²) in [4.78, 5) is 9.77. The average Bonchev–Trinajstić information content (AvgIpc) is 2.77. The highest BCUT2D eigenvalue weighted by Gasteiger charge is 2.28. The molecule has 2 aliphatic heterocycles. The van der Waals surface area contributed by atoms with Crippen LogP contribution < -0.4 is 15.5 Å². The van der Waals surface area contributed by atoms with Crippen LogP contribution in [0.2, 0.25) is 0 Å². The van der Waals surface area contributed by atoms with Crippen LogP contribution >= 0.6 is 35.7 Å². The van der Waals surface area contributed by atoms with E-state index in [0.29, 0.717) is 6.54 Å². The van der Waals surface area contributed by atoms with E-state index in [1.54, 1.807) is 0 Å². The highest BCUT2D eigenvalue weighted by molar-refractivity contribution is 14.0. The van der Waals surface area contributed by atoms with E-state index in [9.17, 15) is 0 Å². The number of halogens is 1. The fourth-order valence-electron chi connectivity index (χ4n) is 3.73. The first-order chi connectivity index (χ1) is 14.1. The topological polar surface area (TPSA) is 52.1 Å². The summed E-state index contributed by atoms with van der Waals surface area (Å²) in [5, 5.41) is 6.91. The number of benzene rings is 1. The zero-order valence-electron chi connectivity index (χ0n) is 18.7. The molecule has 170 valence electrons. The number of nitrogens with zero attached hydrogens (tertiary/aromatic N) is 3. The van der Waals surface area contributed by atoms with Crippen LogP contribution in [0.4, 0.5) is 5.69 Å². The molecule has 2 aliphatic rings. The van der Waals surface area contributed by atoms with Crippen LogP contribution in [0, 0.1) is 0 Å². The monoisotopic (exact) mass is 547 g/mol. The summed E-state index contributed by atoms with van der Waals surface area (Å²) in [6.45, 7) is 15.0. The molecule has 2 heterocycles. The van der Waals surface area contributed by atoms with Crippen LogP contribution in [-0.2, 0) is 11.3 Å². The number of aliphatic imine (C=N–C) groups is 1. The quantitative estimate of drug-likeness (QED) is 0.311. The maximum atomic E-state index is 5.49. The Morgan fingerprint density at radius 2 is 1.73 bits per heavy atom. The molecule has 0 aromatic heterocycles. The molecule has 30 heavy (non-hydrogen) atoms. The maximum absolute atomic E-state index is 5.49. The van der Waals surface area contributed by atoms with Crippen LogP contribution in [0.1, 0.15) is 26.3 Å². The van der Waals surface area contributed by atoms with Gasteiger partial charge in [0.05, 0.1) is 19.8 Å². The van der Waals surface area contributed by atoms with Crippen molar-refractivity contribution in [3.63, 3.8) is 0 Å². The Morgan fingerprint density at radius 3 is 2.37 bits per heavy atom. The van der Waals surface area contributed by atoms with Gasteiger partial charge in [-0.2, -0.15) is 11.8 Å². The van der Waals surface area contributed by atoms with Crippen molar-refractivity contribution in [3.8, 4) is 0 Å². The highest BCUT2D eigenvalue weighted by atomic mass is 127. The fraction of sp³-hybridized carbons (Fsp3) is 0.682. The summed E-state index contributed by atoms with van der Waals surface area (Å²) in [5.74, 6) is 3.33. The first kappa shape index (κ1) is 25.5. The van der Waals surface area contributed by atoms with E-state index in [-0.39, 0.29) is 29.5 Å². The van der Waals surface area contributed by atoms with Gasteiger partial charge in [-0.05, 0) is 38.5 Å². The maximum Gasteiger partial charge on any atom is 0.191 e. The standard InChI is InChI=1S/C22H37N5OS.HI/c1-4-23-21(25-18-22(2,3)27-9-13-28-14-10-27)24-17-19-5-7-20(8-6-19)26-11-15-29-16-12-26;/h5-8H,4,9-18H2,1-3H3,(H2,23,24,25);1H. The summed E-state index contributed by atoms with van der Waals surface area (Å²) in [6, 6.07) is 8.90. The van der Waals surface area contributed by atoms with Gasteiger partial charge in [0, 0.05) is 62.0 Å². The van der Waals surface area contributed by atoms with Gasteiger partial charge in [-0.3, -0.25) is 4.90 Å². The van der Waals surface area contributed by atoms with Crippen molar-refractivity contribution in [2.24, 2.45) is 4.99 Å². The molecule has 1 aromatic carbocycles. The van der Waals surface area contributed by atoms with Crippen molar-refractivity contribution in [2.45, 2.75) is 32.9 Å². The Labute approximate surface area is 203 Å². The molecule has 0 bridgehead atoms. The predicted octanol–water partition coefficient (Wildman–Crippen LogP) is 3.02. The Morgan fingerprint density at radius 1 is 1.07 bits per heavy atom. The SMILES string of the molecule is CCNC(=NCc1ccc(N2CCSCC2)cc1)NCC(C)(C)N1CCOCC1.I. The predicted molar refractivity (Wildman–Crippen MR) is 141 cm³/mol. The van der Waals surface area contributed by atoms with Gasteiger partial charge in [0.1, 0.15) is 0 Å². The van der Waals surface area contributed by atoms with Crippen molar-refractivity contribution < 1.29 is 4.74 Å². The van der Waals surface area contributed by atoms with Crippen molar-refractivity contribution >= 4 is 47.4 Å². The van der Waals surface area contributed by atoms with Gasteiger partial charge in [-0.15, -0.1) is 24.0 Å². The number of nitrogens with one attached hydrogen (secondary N) is 2. The van der Waals surface area contributed by atoms with E-state index in [0.717, 1.165) is 58.4 Å². The molecule has 0 amide bonds. The molecule has 0 saturated carbocycles. The van der Waals surface area contributed by atoms with E-state index in [1.807, 2.05) is 11.8 Å². The first-order valence-electron chi connectivity index (χ1n) is 10.8. The lowest BCUT2D eigenvalue weighted by Gasteiger charge is -2.41. The lowest BCUT2D eigenvalue weighted by atomic mass is 10.0. The molecule has 0 aliphatic carbocycles. The Kier molecular flexibility index (Phi) is 11.1. The zero-order chi connectivity index (χ0) is 20.5. The summed E-state index contributed by atoms with van der Waals surface area (Å²) < 4.78 is 5.49. The lowest BCUT2D eigenvalue weighted by Crippen LogP contribution is -2.56. The molecule has 6 nitrogen and oxygen atoms in total. The van der Waals surface area contributed by atoms with Crippen LogP contribution in [-0.4, -0.2) is 80.4 Å². The number of anilines is 1. The summed E-state index contributed by atoms with van der Waals surface area (Å²) in [6.07, 6.45) is 0. The summed E-state index contributed by atoms with van der Waals surface area (Å²) in [7, 11) is 0. The molecule has 0 spiro atoms. The van der Waals surface area contributed by atoms with E-state index in [1.165, 1.54) is 22.8 Å². The van der Waals surface area contributed by atoms with Gasteiger partial charge in [0.25, 0.3) is 0 Å². The molecule has 0 atom stereocenters. The fourth-order valence-corrected chi connectivity index (χ4v) is 4.63. The van der Waals surface area contributed by atoms with Crippen molar-refractivity contribution in [1.82, 2.24) is 15.5 Å². The van der Waals surface area contributed by atoms with Gasteiger partial charge in [0.2, 0.25) is 0 Å². The molecule has 2 N–H and O–H groups in total. The first-order valence-corrected chi connectivity index (χ1v) is 12.0. The van der Waals surface area contributed by atoms with E-state index >= 15 is 0 Å². The minimum Gasteiger partial charge on any atom is -0.379 e. The lowest BCUT2D eigenvalue weighted by molar-refractivity contribution is -0.00834. The number of hydrogen-bond acceptors (Lipinski definition) is 5. The number of thioether (sulfide) groups is 1. The molecule has 2 saturated heterocycles. The second kappa shape index (κ2) is 13.0. The minimum atomic E-state index is 0. The second-order valence-corrected chi connectivity index (χ2v) is 9.45. The van der Waals surface area contributed by atoms with Crippen molar-refractivity contribution in [2.75, 3.05) is 68.9 Å². The summed E-state index contributed by atoms with van der Waals surface area (Å²) >= 11 is 2.05. The largest absolute Gasteiger partial charge is 0.379 e. The molecular weight excluding hydrogens is 509 g/mol. The van der Waals surface area contributed by atoms with Gasteiger partial charge in [-0.25, -0.2) is 4.99 Å². The third-order valence-corrected chi connectivity index (χ3v) is 6.57. The molecule has 1 aromatic rings. The number of rotatable bonds is 7. The number of guanidine groups is 1. The normalized spacial score (nSPS) is 18.6. The summed E-state index contributed by atoms with van der Waals surface area (Å²) in [5.41, 5.74) is 2.63. The third-order valence-electron chi connectivity index (χ3n) is 5.63. The van der Waals surface area contributed by atoms with E-state index in [2.05, 4.69) is 65.5 Å². The molecule has 0 radical (unpaired) electrons. The zero-order valence-corrected chi connectivity index (χ0v) is 21.8. The van der Waals surface area contributed by atoms with Crippen LogP contribution in [0.25, 0.3) is 0 Å². The molecule has 2 fully saturated rings. The molecular formula is C22H38IN5OS. The third kappa shape index (κ3) is 7.76. The smallest absolute Gasteiger partial charge is 0.191 e. The number of hydrogen-bond donors (Lipinski definition) is 2. The second-order valence-electron chi connectivity index (χ2n) is 8.23. The van der Waals surface area contributed by atoms with Gasteiger partial charge < -0.3 is 20.3 Å². The molecule has 8 heteroatoms. The van der Waals surface area contributed by atoms with Crippen molar-refractivity contribution in [1.29, 1.82) is 0 Å². The van der Waals surface area contributed by atoms with Gasteiger partial charge in [-0.1, -0.05) is 12.1 Å². The minimum absolute atomic E-state index is 0. The van der Waals surface area contributed by atoms with Gasteiger partial charge in [0.15, 0.2) is 5.96 Å². The van der Waals surface area contributed by atoms with Gasteiger partial charge >= 0.3 is 0 Å². The number of morpholine rings is 1. The molecule has 0 unspecified atom stereocenters. The van der Waals surface area contributed by atoms with E-state index < -0.39 is 0 Å².